The Bertz CT molecular complexity index is 1240. The van der Waals surface area contributed by atoms with E-state index in [9.17, 15) is 4.79 Å². The smallest absolute Gasteiger partial charge is 0.259 e. The second kappa shape index (κ2) is 7.88. The number of hydrogen-bond donors (Lipinski definition) is 2. The predicted molar refractivity (Wildman–Crippen MR) is 114 cm³/mol. The summed E-state index contributed by atoms with van der Waals surface area (Å²) in [5, 5.41) is 8.41. The van der Waals surface area contributed by atoms with E-state index >= 15 is 0 Å². The van der Waals surface area contributed by atoms with E-state index in [1.54, 1.807) is 20.3 Å². The molecule has 0 amide bonds. The summed E-state index contributed by atoms with van der Waals surface area (Å²) in [6, 6.07) is 5.49. The average molecular weight is 430 g/mol. The average Bonchev–Trinajstić information content (AvgIpc) is 3.30. The van der Waals surface area contributed by atoms with E-state index in [0.29, 0.717) is 39.4 Å². The van der Waals surface area contributed by atoms with Gasteiger partial charge in [-0.3, -0.25) is 9.89 Å². The van der Waals surface area contributed by atoms with Gasteiger partial charge < -0.3 is 14.5 Å². The van der Waals surface area contributed by atoms with E-state index in [2.05, 4.69) is 25.1 Å². The van der Waals surface area contributed by atoms with Gasteiger partial charge in [-0.25, -0.2) is 9.97 Å². The Morgan fingerprint density at radius 2 is 2.00 bits per heavy atom. The van der Waals surface area contributed by atoms with Crippen molar-refractivity contribution in [3.05, 3.63) is 44.8 Å². The summed E-state index contributed by atoms with van der Waals surface area (Å²) in [5.74, 6) is 2.98. The molecule has 0 spiro atoms. The molecule has 0 bridgehead atoms. The first kappa shape index (κ1) is 19.5. The molecule has 0 fully saturated rings. The SMILES string of the molecule is COc1ccc(-c2nc(SCc3nc4sc(C)c(C)c4c(=O)[nH]3)n[nH]2)c(OC)c1. The number of aromatic nitrogens is 5. The van der Waals surface area contributed by atoms with Crippen LogP contribution < -0.4 is 15.0 Å². The Hall–Kier alpha value is -2.85. The monoisotopic (exact) mass is 429 g/mol. The molecule has 8 nitrogen and oxygen atoms in total. The Kier molecular flexibility index (Phi) is 5.29. The zero-order valence-electron chi connectivity index (χ0n) is 16.3. The van der Waals surface area contributed by atoms with Crippen molar-refractivity contribution in [3.8, 4) is 22.9 Å². The lowest BCUT2D eigenvalue weighted by Gasteiger charge is -2.07. The largest absolute Gasteiger partial charge is 0.497 e. The molecule has 0 atom stereocenters. The number of benzene rings is 1. The molecule has 1 aromatic carbocycles. The first-order chi connectivity index (χ1) is 14.0. The molecule has 0 aliphatic carbocycles. The van der Waals surface area contributed by atoms with Crippen molar-refractivity contribution >= 4 is 33.3 Å². The van der Waals surface area contributed by atoms with Crippen LogP contribution in [0.5, 0.6) is 11.5 Å². The number of methoxy groups -OCH3 is 2. The van der Waals surface area contributed by atoms with Gasteiger partial charge in [0.05, 0.1) is 30.9 Å². The summed E-state index contributed by atoms with van der Waals surface area (Å²) < 4.78 is 10.6. The summed E-state index contributed by atoms with van der Waals surface area (Å²) in [6.07, 6.45) is 0. The number of rotatable bonds is 6. The maximum Gasteiger partial charge on any atom is 0.259 e. The zero-order chi connectivity index (χ0) is 20.5. The number of thiophene rings is 1. The first-order valence-corrected chi connectivity index (χ1v) is 10.6. The van der Waals surface area contributed by atoms with Crippen molar-refractivity contribution in [2.75, 3.05) is 14.2 Å². The van der Waals surface area contributed by atoms with Crippen molar-refractivity contribution in [2.45, 2.75) is 24.8 Å². The van der Waals surface area contributed by atoms with Crippen molar-refractivity contribution in [2.24, 2.45) is 0 Å². The predicted octanol–water partition coefficient (Wildman–Crippen LogP) is 3.70. The van der Waals surface area contributed by atoms with Gasteiger partial charge in [-0.15, -0.1) is 16.4 Å². The number of aryl methyl sites for hydroxylation is 2. The third kappa shape index (κ3) is 3.73. The number of ether oxygens (including phenoxy) is 2. The van der Waals surface area contributed by atoms with Gasteiger partial charge in [0.25, 0.3) is 5.56 Å². The number of fused-ring (bicyclic) bond motifs is 1. The minimum Gasteiger partial charge on any atom is -0.497 e. The van der Waals surface area contributed by atoms with Crippen molar-refractivity contribution in [3.63, 3.8) is 0 Å². The molecule has 10 heteroatoms. The second-order valence-electron chi connectivity index (χ2n) is 6.30. The van der Waals surface area contributed by atoms with Crippen LogP contribution in [0.15, 0.2) is 28.2 Å². The van der Waals surface area contributed by atoms with E-state index in [4.69, 9.17) is 9.47 Å². The first-order valence-electron chi connectivity index (χ1n) is 8.76. The van der Waals surface area contributed by atoms with Crippen LogP contribution >= 0.6 is 23.1 Å². The molecule has 0 saturated carbocycles. The number of aromatic amines is 2. The van der Waals surface area contributed by atoms with E-state index in [1.165, 1.54) is 23.1 Å². The lowest BCUT2D eigenvalue weighted by molar-refractivity contribution is 0.395. The Morgan fingerprint density at radius 3 is 2.76 bits per heavy atom. The highest BCUT2D eigenvalue weighted by atomic mass is 32.2. The highest BCUT2D eigenvalue weighted by Gasteiger charge is 2.15. The van der Waals surface area contributed by atoms with Gasteiger partial charge in [0, 0.05) is 10.9 Å². The molecule has 29 heavy (non-hydrogen) atoms. The molecule has 0 unspecified atom stereocenters. The topological polar surface area (TPSA) is 106 Å². The van der Waals surface area contributed by atoms with E-state index < -0.39 is 0 Å². The van der Waals surface area contributed by atoms with E-state index in [1.807, 2.05) is 26.0 Å². The number of nitrogens with one attached hydrogen (secondary N) is 2. The maximum atomic E-state index is 12.4. The van der Waals surface area contributed by atoms with Gasteiger partial charge in [0.1, 0.15) is 22.2 Å². The van der Waals surface area contributed by atoms with E-state index in [0.717, 1.165) is 20.8 Å². The Morgan fingerprint density at radius 1 is 1.17 bits per heavy atom. The summed E-state index contributed by atoms with van der Waals surface area (Å²) in [7, 11) is 3.20. The lowest BCUT2D eigenvalue weighted by atomic mass is 10.2. The van der Waals surface area contributed by atoms with Crippen LogP contribution in [0.1, 0.15) is 16.3 Å². The van der Waals surface area contributed by atoms with Crippen LogP contribution in [-0.4, -0.2) is 39.4 Å². The minimum atomic E-state index is -0.105. The van der Waals surface area contributed by atoms with Crippen LogP contribution in [0.2, 0.25) is 0 Å². The van der Waals surface area contributed by atoms with Crippen LogP contribution in [0.25, 0.3) is 21.6 Å². The molecule has 0 radical (unpaired) electrons. The number of nitrogens with zero attached hydrogens (tertiary/aromatic N) is 3. The molecule has 4 aromatic rings. The summed E-state index contributed by atoms with van der Waals surface area (Å²) in [4.78, 5) is 26.2. The highest BCUT2D eigenvalue weighted by Crippen LogP contribution is 2.32. The molecule has 150 valence electrons. The van der Waals surface area contributed by atoms with Crippen LogP contribution in [-0.2, 0) is 5.75 Å². The van der Waals surface area contributed by atoms with Crippen LogP contribution in [0.3, 0.4) is 0 Å². The van der Waals surface area contributed by atoms with Gasteiger partial charge >= 0.3 is 0 Å². The summed E-state index contributed by atoms with van der Waals surface area (Å²) in [6.45, 7) is 3.94. The molecule has 2 N–H and O–H groups in total. The molecule has 3 aromatic heterocycles. The third-order valence-corrected chi connectivity index (χ3v) is 6.51. The Labute approximate surface area is 174 Å². The highest BCUT2D eigenvalue weighted by molar-refractivity contribution is 7.98. The molecule has 3 heterocycles. The Balaban J connectivity index is 1.55. The minimum absolute atomic E-state index is 0.105. The number of H-pyrrole nitrogens is 2. The maximum absolute atomic E-state index is 12.4. The van der Waals surface area contributed by atoms with Crippen LogP contribution in [0, 0.1) is 13.8 Å². The van der Waals surface area contributed by atoms with Crippen molar-refractivity contribution < 1.29 is 9.47 Å². The van der Waals surface area contributed by atoms with Gasteiger partial charge in [-0.2, -0.15) is 0 Å². The summed E-state index contributed by atoms with van der Waals surface area (Å²) >= 11 is 2.93. The summed E-state index contributed by atoms with van der Waals surface area (Å²) in [5.41, 5.74) is 1.67. The fourth-order valence-electron chi connectivity index (χ4n) is 2.93. The third-order valence-electron chi connectivity index (χ3n) is 4.55. The fourth-order valence-corrected chi connectivity index (χ4v) is 4.64. The van der Waals surface area contributed by atoms with Crippen molar-refractivity contribution in [1.82, 2.24) is 25.1 Å². The number of hydrogen-bond acceptors (Lipinski definition) is 8. The second-order valence-corrected chi connectivity index (χ2v) is 8.44. The molecule has 0 aliphatic heterocycles. The zero-order valence-corrected chi connectivity index (χ0v) is 18.0. The quantitative estimate of drug-likeness (QED) is 0.450. The fraction of sp³-hybridized carbons (Fsp3) is 0.263. The molecular weight excluding hydrogens is 410 g/mol. The normalized spacial score (nSPS) is 11.2. The van der Waals surface area contributed by atoms with Crippen LogP contribution in [0.4, 0.5) is 0 Å². The van der Waals surface area contributed by atoms with Crippen molar-refractivity contribution in [1.29, 1.82) is 0 Å². The lowest BCUT2D eigenvalue weighted by Crippen LogP contribution is -2.10. The molecule has 4 rings (SSSR count). The van der Waals surface area contributed by atoms with E-state index in [-0.39, 0.29) is 5.56 Å². The molecule has 0 aliphatic rings. The van der Waals surface area contributed by atoms with Gasteiger partial charge in [0.2, 0.25) is 5.16 Å². The van der Waals surface area contributed by atoms with Gasteiger partial charge in [-0.1, -0.05) is 11.8 Å². The molecular formula is C19H19N5O3S2. The number of thioether (sulfide) groups is 1. The van der Waals surface area contributed by atoms with Gasteiger partial charge in [-0.05, 0) is 31.5 Å². The standard InChI is InChI=1S/C19H19N5O3S2/c1-9-10(2)29-18-15(9)17(25)20-14(21-18)8-28-19-22-16(23-24-19)12-6-5-11(26-3)7-13(12)27-4/h5-7H,8H2,1-4H3,(H,20,21,25)(H,22,23,24). The molecule has 0 saturated heterocycles. The van der Waals surface area contributed by atoms with Gasteiger partial charge in [0.15, 0.2) is 5.82 Å².